The summed E-state index contributed by atoms with van der Waals surface area (Å²) in [5.74, 6) is -0.499. The van der Waals surface area contributed by atoms with Crippen LogP contribution in [0.25, 0.3) is 0 Å². The summed E-state index contributed by atoms with van der Waals surface area (Å²) in [6.07, 6.45) is 1.70. The fourth-order valence-corrected chi connectivity index (χ4v) is 1.60. The van der Waals surface area contributed by atoms with Crippen molar-refractivity contribution in [2.45, 2.75) is 33.4 Å². The zero-order chi connectivity index (χ0) is 15.1. The van der Waals surface area contributed by atoms with Gasteiger partial charge in [0.05, 0.1) is 7.11 Å². The number of pyridine rings is 1. The lowest BCUT2D eigenvalue weighted by atomic mass is 10.1. The largest absolute Gasteiger partial charge is 0.467 e. The van der Waals surface area contributed by atoms with E-state index in [4.69, 9.17) is 0 Å². The molecule has 1 aromatic heterocycles. The molecule has 20 heavy (non-hydrogen) atoms. The first kappa shape index (κ1) is 15.9. The fraction of sp³-hybridized carbons (Fsp3) is 0.500. The van der Waals surface area contributed by atoms with Gasteiger partial charge in [-0.15, -0.1) is 0 Å². The first-order valence-corrected chi connectivity index (χ1v) is 6.47. The van der Waals surface area contributed by atoms with E-state index in [2.05, 4.69) is 20.4 Å². The molecule has 0 aliphatic heterocycles. The fourth-order valence-electron chi connectivity index (χ4n) is 1.60. The monoisotopic (exact) mass is 279 g/mol. The lowest BCUT2D eigenvalue weighted by Gasteiger charge is -2.20. The zero-order valence-electron chi connectivity index (χ0n) is 12.3. The van der Waals surface area contributed by atoms with E-state index in [1.54, 1.807) is 6.20 Å². The first-order chi connectivity index (χ1) is 9.43. The normalized spacial score (nSPS) is 11.8. The Morgan fingerprint density at radius 3 is 2.55 bits per heavy atom. The molecule has 0 aromatic carbocycles. The van der Waals surface area contributed by atoms with Crippen LogP contribution in [0.4, 0.5) is 4.79 Å². The number of urea groups is 1. The molecule has 0 spiro atoms. The number of carbonyl (C=O) groups is 2. The van der Waals surface area contributed by atoms with E-state index < -0.39 is 18.0 Å². The maximum atomic E-state index is 11.8. The van der Waals surface area contributed by atoms with E-state index in [0.717, 1.165) is 11.3 Å². The van der Waals surface area contributed by atoms with Gasteiger partial charge in [0, 0.05) is 18.4 Å². The summed E-state index contributed by atoms with van der Waals surface area (Å²) in [6, 6.07) is 2.70. The Labute approximate surface area is 118 Å². The minimum absolute atomic E-state index is 0.0470. The SMILES string of the molecule is COC(=O)[C@@H](NC(=O)NCc1ccc(C)nc1)C(C)C. The highest BCUT2D eigenvalue weighted by Crippen LogP contribution is 2.03. The molecule has 1 rings (SSSR count). The highest BCUT2D eigenvalue weighted by atomic mass is 16.5. The van der Waals surface area contributed by atoms with Crippen molar-refractivity contribution in [3.05, 3.63) is 29.6 Å². The molecule has 0 saturated heterocycles. The van der Waals surface area contributed by atoms with Crippen molar-refractivity contribution in [3.63, 3.8) is 0 Å². The van der Waals surface area contributed by atoms with Crippen LogP contribution >= 0.6 is 0 Å². The molecule has 0 aliphatic carbocycles. The van der Waals surface area contributed by atoms with E-state index in [9.17, 15) is 9.59 Å². The molecule has 1 atom stereocenters. The van der Waals surface area contributed by atoms with Gasteiger partial charge in [0.25, 0.3) is 0 Å². The molecule has 0 saturated carbocycles. The van der Waals surface area contributed by atoms with Gasteiger partial charge in [0.15, 0.2) is 0 Å². The standard InChI is InChI=1S/C14H21N3O3/c1-9(2)12(13(18)20-4)17-14(19)16-8-11-6-5-10(3)15-7-11/h5-7,9,12H,8H2,1-4H3,(H2,16,17,19)/t12-/m0/s1. The quantitative estimate of drug-likeness (QED) is 0.798. The highest BCUT2D eigenvalue weighted by molar-refractivity contribution is 5.83. The van der Waals surface area contributed by atoms with Crippen molar-refractivity contribution >= 4 is 12.0 Å². The zero-order valence-corrected chi connectivity index (χ0v) is 12.3. The number of ether oxygens (including phenoxy) is 1. The number of hydrogen-bond donors (Lipinski definition) is 2. The molecule has 2 N–H and O–H groups in total. The van der Waals surface area contributed by atoms with Crippen molar-refractivity contribution in [2.75, 3.05) is 7.11 Å². The third-order valence-electron chi connectivity index (χ3n) is 2.83. The van der Waals surface area contributed by atoms with E-state index in [0.29, 0.717) is 6.54 Å². The predicted molar refractivity (Wildman–Crippen MR) is 75.0 cm³/mol. The summed E-state index contributed by atoms with van der Waals surface area (Å²) in [5, 5.41) is 5.29. The average Bonchev–Trinajstić information content (AvgIpc) is 2.43. The molecule has 1 aromatic rings. The lowest BCUT2D eigenvalue weighted by molar-refractivity contribution is -0.143. The molecule has 0 unspecified atom stereocenters. The van der Waals surface area contributed by atoms with Gasteiger partial charge < -0.3 is 15.4 Å². The van der Waals surface area contributed by atoms with Crippen LogP contribution in [0, 0.1) is 12.8 Å². The number of carbonyl (C=O) groups excluding carboxylic acids is 2. The van der Waals surface area contributed by atoms with E-state index in [-0.39, 0.29) is 5.92 Å². The maximum Gasteiger partial charge on any atom is 0.328 e. The summed E-state index contributed by atoms with van der Waals surface area (Å²) in [4.78, 5) is 27.4. The molecule has 0 bridgehead atoms. The smallest absolute Gasteiger partial charge is 0.328 e. The van der Waals surface area contributed by atoms with Crippen LogP contribution < -0.4 is 10.6 Å². The molecule has 2 amide bonds. The lowest BCUT2D eigenvalue weighted by Crippen LogP contribution is -2.48. The second kappa shape index (κ2) is 7.47. The molecule has 0 radical (unpaired) electrons. The Kier molecular flexibility index (Phi) is 5.96. The van der Waals surface area contributed by atoms with Crippen LogP contribution in [0.15, 0.2) is 18.3 Å². The Bertz CT molecular complexity index is 457. The number of hydrogen-bond acceptors (Lipinski definition) is 4. The number of esters is 1. The van der Waals surface area contributed by atoms with Crippen molar-refractivity contribution < 1.29 is 14.3 Å². The topological polar surface area (TPSA) is 80.3 Å². The van der Waals surface area contributed by atoms with Gasteiger partial charge >= 0.3 is 12.0 Å². The van der Waals surface area contributed by atoms with Crippen LogP contribution in [0.3, 0.4) is 0 Å². The van der Waals surface area contributed by atoms with Gasteiger partial charge in [-0.3, -0.25) is 4.98 Å². The molecule has 1 heterocycles. The summed E-state index contributed by atoms with van der Waals surface area (Å²) < 4.78 is 4.66. The third kappa shape index (κ3) is 4.87. The molecule has 6 heteroatoms. The van der Waals surface area contributed by atoms with Crippen molar-refractivity contribution in [1.29, 1.82) is 0 Å². The van der Waals surface area contributed by atoms with E-state index in [1.165, 1.54) is 7.11 Å². The second-order valence-electron chi connectivity index (χ2n) is 4.88. The summed E-state index contributed by atoms with van der Waals surface area (Å²) >= 11 is 0. The Morgan fingerprint density at radius 2 is 2.05 bits per heavy atom. The van der Waals surface area contributed by atoms with Gasteiger partial charge in [0.1, 0.15) is 6.04 Å². The van der Waals surface area contributed by atoms with Gasteiger partial charge in [-0.1, -0.05) is 19.9 Å². The minimum atomic E-state index is -0.656. The molecular weight excluding hydrogens is 258 g/mol. The van der Waals surface area contributed by atoms with Gasteiger partial charge in [-0.25, -0.2) is 9.59 Å². The molecule has 0 fully saturated rings. The highest BCUT2D eigenvalue weighted by Gasteiger charge is 2.24. The number of nitrogens with one attached hydrogen (secondary N) is 2. The molecular formula is C14H21N3O3. The minimum Gasteiger partial charge on any atom is -0.467 e. The predicted octanol–water partition coefficient (Wildman–Crippen LogP) is 1.39. The Hall–Kier alpha value is -2.11. The molecule has 0 aliphatic rings. The van der Waals surface area contributed by atoms with Gasteiger partial charge in [-0.2, -0.15) is 0 Å². The van der Waals surface area contributed by atoms with Crippen LogP contribution in [-0.2, 0) is 16.1 Å². The van der Waals surface area contributed by atoms with Crippen LogP contribution in [-0.4, -0.2) is 30.1 Å². The molecule has 110 valence electrons. The van der Waals surface area contributed by atoms with Crippen LogP contribution in [0.2, 0.25) is 0 Å². The van der Waals surface area contributed by atoms with Gasteiger partial charge in [0.2, 0.25) is 0 Å². The van der Waals surface area contributed by atoms with Gasteiger partial charge in [-0.05, 0) is 24.5 Å². The summed E-state index contributed by atoms with van der Waals surface area (Å²) in [7, 11) is 1.30. The number of methoxy groups -OCH3 is 1. The average molecular weight is 279 g/mol. The van der Waals surface area contributed by atoms with E-state index >= 15 is 0 Å². The van der Waals surface area contributed by atoms with E-state index in [1.807, 2.05) is 32.9 Å². The third-order valence-corrected chi connectivity index (χ3v) is 2.83. The summed E-state index contributed by atoms with van der Waals surface area (Å²) in [6.45, 7) is 5.93. The van der Waals surface area contributed by atoms with Crippen molar-refractivity contribution in [1.82, 2.24) is 15.6 Å². The Morgan fingerprint density at radius 1 is 1.35 bits per heavy atom. The number of aromatic nitrogens is 1. The number of amides is 2. The number of aryl methyl sites for hydroxylation is 1. The number of rotatable bonds is 5. The maximum absolute atomic E-state index is 11.8. The second-order valence-corrected chi connectivity index (χ2v) is 4.88. The van der Waals surface area contributed by atoms with Crippen LogP contribution in [0.1, 0.15) is 25.1 Å². The Balaban J connectivity index is 2.49. The first-order valence-electron chi connectivity index (χ1n) is 6.47. The molecule has 6 nitrogen and oxygen atoms in total. The van der Waals surface area contributed by atoms with Crippen molar-refractivity contribution in [2.24, 2.45) is 5.92 Å². The van der Waals surface area contributed by atoms with Crippen molar-refractivity contribution in [3.8, 4) is 0 Å². The van der Waals surface area contributed by atoms with Crippen LogP contribution in [0.5, 0.6) is 0 Å². The number of nitrogens with zero attached hydrogens (tertiary/aromatic N) is 1. The summed E-state index contributed by atoms with van der Waals surface area (Å²) in [5.41, 5.74) is 1.81.